The van der Waals surface area contributed by atoms with Gasteiger partial charge in [0.1, 0.15) is 10.5 Å². The molecule has 1 saturated heterocycles. The number of nitrogens with zero attached hydrogens (tertiary/aromatic N) is 3. The highest BCUT2D eigenvalue weighted by Gasteiger charge is 2.30. The van der Waals surface area contributed by atoms with E-state index in [4.69, 9.17) is 11.6 Å². The Morgan fingerprint density at radius 3 is 2.85 bits per heavy atom. The summed E-state index contributed by atoms with van der Waals surface area (Å²) in [6.45, 7) is 2.08. The standard InChI is InChI=1S/C26H25ClN4O2S/c27-22-7-1-4-18(12-22)16-31-23(13-20-8-11-34-26(20)31)25(33)30-10-3-6-21(17-30)24(32)29-15-19-5-2-9-28-14-19/h1-2,4-5,7-9,11-14,21H,3,6,10,15-17H2,(H,29,32)/t21-/m0/s1. The Hall–Kier alpha value is -3.16. The van der Waals surface area contributed by atoms with Gasteiger partial charge < -0.3 is 14.8 Å². The minimum atomic E-state index is -0.216. The molecule has 5 rings (SSSR count). The molecule has 0 saturated carbocycles. The predicted octanol–water partition coefficient (Wildman–Crippen LogP) is 4.97. The van der Waals surface area contributed by atoms with Gasteiger partial charge in [-0.05, 0) is 59.7 Å². The van der Waals surface area contributed by atoms with Crippen LogP contribution in [0.25, 0.3) is 10.2 Å². The molecule has 0 radical (unpaired) electrons. The summed E-state index contributed by atoms with van der Waals surface area (Å²) in [5.74, 6) is -0.265. The maximum atomic E-state index is 13.6. The number of hydrogen-bond acceptors (Lipinski definition) is 4. The zero-order valence-corrected chi connectivity index (χ0v) is 20.2. The van der Waals surface area contributed by atoms with Gasteiger partial charge in [-0.25, -0.2) is 0 Å². The Morgan fingerprint density at radius 1 is 1.15 bits per heavy atom. The molecule has 4 aromatic rings. The lowest BCUT2D eigenvalue weighted by Gasteiger charge is -2.32. The number of piperidine rings is 1. The fourth-order valence-corrected chi connectivity index (χ4v) is 5.61. The molecule has 3 aromatic heterocycles. The topological polar surface area (TPSA) is 67.2 Å². The molecule has 0 aliphatic carbocycles. The van der Waals surface area contributed by atoms with Gasteiger partial charge in [-0.3, -0.25) is 14.6 Å². The average molecular weight is 493 g/mol. The monoisotopic (exact) mass is 492 g/mol. The van der Waals surface area contributed by atoms with Crippen molar-refractivity contribution in [3.8, 4) is 0 Å². The third kappa shape index (κ3) is 4.86. The van der Waals surface area contributed by atoms with Gasteiger partial charge in [0.25, 0.3) is 5.91 Å². The molecule has 0 spiro atoms. The number of carbonyl (C=O) groups is 2. The van der Waals surface area contributed by atoms with E-state index in [9.17, 15) is 9.59 Å². The largest absolute Gasteiger partial charge is 0.352 e. The summed E-state index contributed by atoms with van der Waals surface area (Å²) in [4.78, 5) is 33.4. The van der Waals surface area contributed by atoms with Crippen LogP contribution in [0.15, 0.2) is 66.3 Å². The Morgan fingerprint density at radius 2 is 2.03 bits per heavy atom. The second kappa shape index (κ2) is 9.99. The quantitative estimate of drug-likeness (QED) is 0.413. The number of benzene rings is 1. The average Bonchev–Trinajstić information content (AvgIpc) is 3.45. The number of pyridine rings is 1. The van der Waals surface area contributed by atoms with Crippen molar-refractivity contribution < 1.29 is 9.59 Å². The van der Waals surface area contributed by atoms with Crippen LogP contribution in [0.5, 0.6) is 0 Å². The van der Waals surface area contributed by atoms with Gasteiger partial charge in [0.05, 0.1) is 5.92 Å². The molecule has 0 unspecified atom stereocenters. The van der Waals surface area contributed by atoms with E-state index in [-0.39, 0.29) is 17.7 Å². The Kier molecular flexibility index (Phi) is 6.65. The molecule has 8 heteroatoms. The van der Waals surface area contributed by atoms with Gasteiger partial charge in [-0.15, -0.1) is 11.3 Å². The summed E-state index contributed by atoms with van der Waals surface area (Å²) in [5, 5.41) is 6.77. The van der Waals surface area contributed by atoms with Gasteiger partial charge in [0.15, 0.2) is 0 Å². The van der Waals surface area contributed by atoms with E-state index in [2.05, 4.69) is 14.9 Å². The van der Waals surface area contributed by atoms with E-state index >= 15 is 0 Å². The van der Waals surface area contributed by atoms with Crippen molar-refractivity contribution in [1.82, 2.24) is 19.8 Å². The fourth-order valence-electron chi connectivity index (χ4n) is 4.50. The van der Waals surface area contributed by atoms with E-state index in [1.54, 1.807) is 23.7 Å². The first kappa shape index (κ1) is 22.6. The van der Waals surface area contributed by atoms with Crippen LogP contribution in [0.3, 0.4) is 0 Å². The summed E-state index contributed by atoms with van der Waals surface area (Å²) < 4.78 is 2.07. The minimum absolute atomic E-state index is 0.0170. The number of halogens is 1. The Balaban J connectivity index is 1.32. The summed E-state index contributed by atoms with van der Waals surface area (Å²) in [6, 6.07) is 15.5. The first-order valence-corrected chi connectivity index (χ1v) is 12.6. The van der Waals surface area contributed by atoms with Crippen molar-refractivity contribution in [2.45, 2.75) is 25.9 Å². The van der Waals surface area contributed by atoms with Gasteiger partial charge >= 0.3 is 0 Å². The number of rotatable bonds is 6. The van der Waals surface area contributed by atoms with E-state index in [1.165, 1.54) is 0 Å². The number of carbonyl (C=O) groups excluding carboxylic acids is 2. The molecule has 1 atom stereocenters. The van der Waals surface area contributed by atoms with Crippen LogP contribution in [0.2, 0.25) is 5.02 Å². The normalized spacial score (nSPS) is 16.0. The number of likely N-dealkylation sites (tertiary alicyclic amines) is 1. The van der Waals surface area contributed by atoms with Crippen LogP contribution < -0.4 is 5.32 Å². The van der Waals surface area contributed by atoms with Gasteiger partial charge in [-0.1, -0.05) is 29.8 Å². The Labute approximate surface area is 207 Å². The number of thiophene rings is 1. The third-order valence-electron chi connectivity index (χ3n) is 6.22. The first-order valence-electron chi connectivity index (χ1n) is 11.4. The molecule has 1 aromatic carbocycles. The smallest absolute Gasteiger partial charge is 0.270 e. The van der Waals surface area contributed by atoms with Crippen LogP contribution in [0.1, 0.15) is 34.5 Å². The molecule has 174 valence electrons. The number of fused-ring (bicyclic) bond motifs is 1. The van der Waals surface area contributed by atoms with Gasteiger partial charge in [0, 0.05) is 49.0 Å². The molecule has 6 nitrogen and oxygen atoms in total. The fraction of sp³-hybridized carbons (Fsp3) is 0.269. The summed E-state index contributed by atoms with van der Waals surface area (Å²) in [5.41, 5.74) is 2.65. The lowest BCUT2D eigenvalue weighted by atomic mass is 9.96. The van der Waals surface area contributed by atoms with Crippen LogP contribution in [-0.2, 0) is 17.9 Å². The Bertz CT molecular complexity index is 1320. The van der Waals surface area contributed by atoms with Crippen LogP contribution in [-0.4, -0.2) is 39.4 Å². The molecule has 1 N–H and O–H groups in total. The van der Waals surface area contributed by atoms with E-state index < -0.39 is 0 Å². The molecular weight excluding hydrogens is 468 g/mol. The lowest BCUT2D eigenvalue weighted by Crippen LogP contribution is -2.45. The zero-order valence-electron chi connectivity index (χ0n) is 18.6. The molecule has 1 fully saturated rings. The predicted molar refractivity (Wildman–Crippen MR) is 135 cm³/mol. The van der Waals surface area contributed by atoms with Crippen molar-refractivity contribution in [2.75, 3.05) is 13.1 Å². The van der Waals surface area contributed by atoms with Gasteiger partial charge in [0.2, 0.25) is 5.91 Å². The number of hydrogen-bond donors (Lipinski definition) is 1. The molecule has 1 aliphatic rings. The number of nitrogens with one attached hydrogen (secondary N) is 1. The van der Waals surface area contributed by atoms with Crippen molar-refractivity contribution in [2.24, 2.45) is 5.92 Å². The first-order chi connectivity index (χ1) is 16.6. The summed E-state index contributed by atoms with van der Waals surface area (Å²) >= 11 is 7.82. The van der Waals surface area contributed by atoms with Crippen LogP contribution in [0, 0.1) is 5.92 Å². The zero-order chi connectivity index (χ0) is 23.5. The molecular formula is C26H25ClN4O2S. The molecule has 2 amide bonds. The van der Waals surface area contributed by atoms with Crippen molar-refractivity contribution in [3.05, 3.63) is 88.1 Å². The maximum Gasteiger partial charge on any atom is 0.270 e. The third-order valence-corrected chi connectivity index (χ3v) is 7.41. The summed E-state index contributed by atoms with van der Waals surface area (Å²) in [7, 11) is 0. The molecule has 34 heavy (non-hydrogen) atoms. The number of aromatic nitrogens is 2. The van der Waals surface area contributed by atoms with Crippen molar-refractivity contribution >= 4 is 45.0 Å². The van der Waals surface area contributed by atoms with Gasteiger partial charge in [-0.2, -0.15) is 0 Å². The van der Waals surface area contributed by atoms with Crippen LogP contribution in [0.4, 0.5) is 0 Å². The highest BCUT2D eigenvalue weighted by Crippen LogP contribution is 2.29. The lowest BCUT2D eigenvalue weighted by molar-refractivity contribution is -0.126. The highest BCUT2D eigenvalue weighted by atomic mass is 35.5. The van der Waals surface area contributed by atoms with Crippen LogP contribution >= 0.6 is 22.9 Å². The number of amides is 2. The minimum Gasteiger partial charge on any atom is -0.352 e. The SMILES string of the molecule is O=C(NCc1cccnc1)[C@H]1CCCN(C(=O)c2cc3ccsc3n2Cc2cccc(Cl)c2)C1. The molecule has 4 heterocycles. The highest BCUT2D eigenvalue weighted by molar-refractivity contribution is 7.16. The maximum absolute atomic E-state index is 13.6. The summed E-state index contributed by atoms with van der Waals surface area (Å²) in [6.07, 6.45) is 5.04. The van der Waals surface area contributed by atoms with Crippen molar-refractivity contribution in [3.63, 3.8) is 0 Å². The molecule has 0 bridgehead atoms. The van der Waals surface area contributed by atoms with E-state index in [0.29, 0.717) is 36.9 Å². The van der Waals surface area contributed by atoms with Crippen molar-refractivity contribution in [1.29, 1.82) is 0 Å². The second-order valence-corrected chi connectivity index (χ2v) is 9.93. The van der Waals surface area contributed by atoms with E-state index in [1.807, 2.05) is 58.8 Å². The van der Waals surface area contributed by atoms with E-state index in [0.717, 1.165) is 34.2 Å². The molecule has 1 aliphatic heterocycles. The second-order valence-electron chi connectivity index (χ2n) is 8.60.